The van der Waals surface area contributed by atoms with E-state index in [0.29, 0.717) is 6.29 Å². The Morgan fingerprint density at radius 2 is 2.00 bits per heavy atom. The van der Waals surface area contributed by atoms with Crippen LogP contribution in [0.3, 0.4) is 0 Å². The van der Waals surface area contributed by atoms with E-state index in [1.165, 1.54) is 19.4 Å². The number of ether oxygens (including phenoxy) is 1. The van der Waals surface area contributed by atoms with Gasteiger partial charge in [0.25, 0.3) is 0 Å². The maximum Gasteiger partial charge on any atom is 0.224 e. The Hall–Kier alpha value is -2.30. The van der Waals surface area contributed by atoms with Gasteiger partial charge in [-0.15, -0.1) is 0 Å². The number of rotatable bonds is 3. The van der Waals surface area contributed by atoms with Crippen LogP contribution in [0.1, 0.15) is 10.4 Å². The Morgan fingerprint density at radius 3 is 2.67 bits per heavy atom. The molecule has 2 aromatic rings. The lowest BCUT2D eigenvalue weighted by Crippen LogP contribution is -1.98. The molecule has 0 N–H and O–H groups in total. The molecule has 0 spiro atoms. The molecular formula is C13H9F2NO2. The quantitative estimate of drug-likeness (QED) is 0.785. The van der Waals surface area contributed by atoms with Crippen molar-refractivity contribution in [1.29, 1.82) is 0 Å². The second-order valence-corrected chi connectivity index (χ2v) is 3.52. The van der Waals surface area contributed by atoms with Crippen molar-refractivity contribution in [3.05, 3.63) is 47.7 Å². The number of pyridine rings is 1. The van der Waals surface area contributed by atoms with E-state index < -0.39 is 11.6 Å². The highest BCUT2D eigenvalue weighted by Gasteiger charge is 2.15. The molecule has 5 heteroatoms. The third-order valence-electron chi connectivity index (χ3n) is 2.48. The van der Waals surface area contributed by atoms with Crippen LogP contribution in [0.25, 0.3) is 11.1 Å². The minimum atomic E-state index is -0.618. The van der Waals surface area contributed by atoms with Gasteiger partial charge in [0.15, 0.2) is 6.29 Å². The van der Waals surface area contributed by atoms with E-state index in [4.69, 9.17) is 4.74 Å². The molecule has 0 aliphatic heterocycles. The highest BCUT2D eigenvalue weighted by molar-refractivity contribution is 5.90. The zero-order valence-electron chi connectivity index (χ0n) is 9.48. The lowest BCUT2D eigenvalue weighted by molar-refractivity contribution is 0.112. The standard InChI is InChI=1S/C13H9F2NO2/c1-18-13-11(7-17)9(4-5-16-13)10-6-8(14)2-3-12(10)15/h2-7H,1H3. The predicted molar refractivity (Wildman–Crippen MR) is 61.5 cm³/mol. The maximum atomic E-state index is 13.7. The zero-order valence-corrected chi connectivity index (χ0v) is 9.48. The van der Waals surface area contributed by atoms with Crippen molar-refractivity contribution in [2.75, 3.05) is 7.11 Å². The molecule has 0 aliphatic rings. The fourth-order valence-electron chi connectivity index (χ4n) is 1.67. The summed E-state index contributed by atoms with van der Waals surface area (Å²) in [6.45, 7) is 0. The average Bonchev–Trinajstić information content (AvgIpc) is 2.40. The van der Waals surface area contributed by atoms with Crippen LogP contribution in [0.2, 0.25) is 0 Å². The van der Waals surface area contributed by atoms with Crippen molar-refractivity contribution in [2.45, 2.75) is 0 Å². The second kappa shape index (κ2) is 4.91. The molecule has 0 amide bonds. The van der Waals surface area contributed by atoms with Crippen LogP contribution >= 0.6 is 0 Å². The third-order valence-corrected chi connectivity index (χ3v) is 2.48. The van der Waals surface area contributed by atoms with Crippen LogP contribution in [0.4, 0.5) is 8.78 Å². The van der Waals surface area contributed by atoms with Crippen LogP contribution < -0.4 is 4.74 Å². The Kier molecular flexibility index (Phi) is 3.32. The summed E-state index contributed by atoms with van der Waals surface area (Å²) < 4.78 is 31.7. The average molecular weight is 249 g/mol. The van der Waals surface area contributed by atoms with E-state index in [1.54, 1.807) is 0 Å². The number of hydrogen-bond acceptors (Lipinski definition) is 3. The van der Waals surface area contributed by atoms with Gasteiger partial charge in [-0.2, -0.15) is 0 Å². The first-order valence-corrected chi connectivity index (χ1v) is 5.11. The largest absolute Gasteiger partial charge is 0.480 e. The van der Waals surface area contributed by atoms with Crippen molar-refractivity contribution < 1.29 is 18.3 Å². The van der Waals surface area contributed by atoms with Crippen LogP contribution in [-0.2, 0) is 0 Å². The summed E-state index contributed by atoms with van der Waals surface area (Å²) in [5.74, 6) is -1.13. The van der Waals surface area contributed by atoms with Crippen molar-refractivity contribution in [1.82, 2.24) is 4.98 Å². The summed E-state index contributed by atoms with van der Waals surface area (Å²) in [4.78, 5) is 14.9. The van der Waals surface area contributed by atoms with E-state index >= 15 is 0 Å². The Bertz CT molecular complexity index is 600. The minimum Gasteiger partial charge on any atom is -0.480 e. The first-order chi connectivity index (χ1) is 8.67. The lowest BCUT2D eigenvalue weighted by Gasteiger charge is -2.09. The summed E-state index contributed by atoms with van der Waals surface area (Å²) in [5.41, 5.74) is 0.330. The Labute approximate surface area is 102 Å². The van der Waals surface area contributed by atoms with Gasteiger partial charge in [-0.05, 0) is 24.3 Å². The first-order valence-electron chi connectivity index (χ1n) is 5.11. The summed E-state index contributed by atoms with van der Waals surface area (Å²) in [6.07, 6.45) is 1.87. The number of methoxy groups -OCH3 is 1. The van der Waals surface area contributed by atoms with Gasteiger partial charge in [-0.1, -0.05) is 0 Å². The molecule has 1 heterocycles. The zero-order chi connectivity index (χ0) is 13.1. The number of carbonyl (C=O) groups is 1. The first kappa shape index (κ1) is 12.2. The van der Waals surface area contributed by atoms with E-state index in [0.717, 1.165) is 18.2 Å². The normalized spacial score (nSPS) is 10.2. The minimum absolute atomic E-state index is 0.00204. The number of nitrogens with zero attached hydrogens (tertiary/aromatic N) is 1. The molecule has 2 rings (SSSR count). The third kappa shape index (κ3) is 2.07. The molecule has 0 radical (unpaired) electrons. The summed E-state index contributed by atoms with van der Waals surface area (Å²) in [5, 5.41) is 0. The molecule has 0 atom stereocenters. The van der Waals surface area contributed by atoms with Gasteiger partial charge in [-0.3, -0.25) is 4.79 Å². The summed E-state index contributed by atoms with van der Waals surface area (Å²) in [6, 6.07) is 4.48. The van der Waals surface area contributed by atoms with Gasteiger partial charge in [0.05, 0.1) is 12.7 Å². The molecule has 92 valence electrons. The molecule has 3 nitrogen and oxygen atoms in total. The number of benzene rings is 1. The molecule has 1 aromatic carbocycles. The van der Waals surface area contributed by atoms with Crippen molar-refractivity contribution >= 4 is 6.29 Å². The number of hydrogen-bond donors (Lipinski definition) is 0. The van der Waals surface area contributed by atoms with E-state index in [2.05, 4.69) is 4.98 Å². The van der Waals surface area contributed by atoms with Crippen molar-refractivity contribution in [3.8, 4) is 17.0 Å². The molecule has 0 aliphatic carbocycles. The van der Waals surface area contributed by atoms with Gasteiger partial charge in [0.2, 0.25) is 5.88 Å². The molecule has 0 fully saturated rings. The second-order valence-electron chi connectivity index (χ2n) is 3.52. The van der Waals surface area contributed by atoms with Crippen molar-refractivity contribution in [3.63, 3.8) is 0 Å². The van der Waals surface area contributed by atoms with Gasteiger partial charge in [0.1, 0.15) is 11.6 Å². The topological polar surface area (TPSA) is 39.2 Å². The fraction of sp³-hybridized carbons (Fsp3) is 0.0769. The molecule has 0 bridgehead atoms. The Balaban J connectivity index is 2.70. The summed E-state index contributed by atoms with van der Waals surface area (Å²) in [7, 11) is 1.35. The SMILES string of the molecule is COc1nccc(-c2cc(F)ccc2F)c1C=O. The molecule has 1 aromatic heterocycles. The summed E-state index contributed by atoms with van der Waals surface area (Å²) >= 11 is 0. The lowest BCUT2D eigenvalue weighted by atomic mass is 10.0. The van der Waals surface area contributed by atoms with Gasteiger partial charge < -0.3 is 4.74 Å². The monoisotopic (exact) mass is 249 g/mol. The van der Waals surface area contributed by atoms with E-state index in [9.17, 15) is 13.6 Å². The highest BCUT2D eigenvalue weighted by atomic mass is 19.1. The smallest absolute Gasteiger partial charge is 0.224 e. The molecule has 18 heavy (non-hydrogen) atoms. The number of halogens is 2. The molecular weight excluding hydrogens is 240 g/mol. The highest BCUT2D eigenvalue weighted by Crippen LogP contribution is 2.29. The number of carbonyl (C=O) groups excluding carboxylic acids is 1. The maximum absolute atomic E-state index is 13.7. The van der Waals surface area contributed by atoms with Crippen LogP contribution in [-0.4, -0.2) is 18.4 Å². The number of aromatic nitrogens is 1. The van der Waals surface area contributed by atoms with Gasteiger partial charge in [0, 0.05) is 17.3 Å². The van der Waals surface area contributed by atoms with E-state index in [1.807, 2.05) is 0 Å². The van der Waals surface area contributed by atoms with Crippen LogP contribution in [0.15, 0.2) is 30.5 Å². The van der Waals surface area contributed by atoms with E-state index in [-0.39, 0.29) is 22.6 Å². The molecule has 0 saturated carbocycles. The molecule has 0 unspecified atom stereocenters. The van der Waals surface area contributed by atoms with Crippen molar-refractivity contribution in [2.24, 2.45) is 0 Å². The number of aldehydes is 1. The van der Waals surface area contributed by atoms with Crippen LogP contribution in [0, 0.1) is 11.6 Å². The van der Waals surface area contributed by atoms with Gasteiger partial charge >= 0.3 is 0 Å². The fourth-order valence-corrected chi connectivity index (χ4v) is 1.67. The van der Waals surface area contributed by atoms with Crippen LogP contribution in [0.5, 0.6) is 5.88 Å². The van der Waals surface area contributed by atoms with Gasteiger partial charge in [-0.25, -0.2) is 13.8 Å². The predicted octanol–water partition coefficient (Wildman–Crippen LogP) is 2.85. The Morgan fingerprint density at radius 1 is 1.22 bits per heavy atom. The molecule has 0 saturated heterocycles.